The van der Waals surface area contributed by atoms with Crippen molar-refractivity contribution in [3.05, 3.63) is 0 Å². The van der Waals surface area contributed by atoms with Crippen LogP contribution in [0.2, 0.25) is 0 Å². The zero-order valence-corrected chi connectivity index (χ0v) is 14.7. The highest BCUT2D eigenvalue weighted by molar-refractivity contribution is 4.92. The summed E-state index contributed by atoms with van der Waals surface area (Å²) in [5.74, 6) is 0. The number of rotatable bonds is 4. The van der Waals surface area contributed by atoms with Gasteiger partial charge in [0.25, 0.3) is 0 Å². The summed E-state index contributed by atoms with van der Waals surface area (Å²) < 4.78 is 0. The summed E-state index contributed by atoms with van der Waals surface area (Å²) >= 11 is 0. The molecule has 1 saturated carbocycles. The first-order valence-corrected chi connectivity index (χ1v) is 8.90. The van der Waals surface area contributed by atoms with E-state index in [0.717, 1.165) is 38.9 Å². The van der Waals surface area contributed by atoms with Crippen LogP contribution in [0.15, 0.2) is 0 Å². The minimum Gasteiger partial charge on any atom is -0.390 e. The van der Waals surface area contributed by atoms with Crippen molar-refractivity contribution in [2.24, 2.45) is 5.41 Å². The smallest absolute Gasteiger partial charge is 0.0632 e. The predicted molar refractivity (Wildman–Crippen MR) is 89.6 cm³/mol. The van der Waals surface area contributed by atoms with Crippen molar-refractivity contribution in [2.75, 3.05) is 26.2 Å². The molecule has 0 spiro atoms. The summed E-state index contributed by atoms with van der Waals surface area (Å²) in [7, 11) is 0. The molecular weight excluding hydrogens is 260 g/mol. The standard InChI is InChI=1S/C18H36N2O/c1-16(2,3)19-14-18(9-5-6-10-18)15-20-12-7-8-17(4,21)11-13-20/h19,21H,5-15H2,1-4H3. The molecule has 3 heteroatoms. The lowest BCUT2D eigenvalue weighted by Gasteiger charge is -2.37. The Kier molecular flexibility index (Phi) is 5.38. The lowest BCUT2D eigenvalue weighted by atomic mass is 9.84. The third-order valence-electron chi connectivity index (χ3n) is 5.37. The van der Waals surface area contributed by atoms with Crippen LogP contribution in [-0.2, 0) is 0 Å². The lowest BCUT2D eigenvalue weighted by Crippen LogP contribution is -2.48. The first kappa shape index (κ1) is 17.2. The van der Waals surface area contributed by atoms with Crippen LogP contribution in [0.25, 0.3) is 0 Å². The molecule has 0 aromatic heterocycles. The van der Waals surface area contributed by atoms with E-state index in [1.54, 1.807) is 0 Å². The van der Waals surface area contributed by atoms with Crippen LogP contribution < -0.4 is 5.32 Å². The fourth-order valence-corrected chi connectivity index (χ4v) is 3.92. The second-order valence-corrected chi connectivity index (χ2v) is 8.94. The van der Waals surface area contributed by atoms with Crippen molar-refractivity contribution >= 4 is 0 Å². The Bertz CT molecular complexity index is 327. The Morgan fingerprint density at radius 3 is 2.29 bits per heavy atom. The van der Waals surface area contributed by atoms with Crippen LogP contribution in [0.3, 0.4) is 0 Å². The molecule has 2 N–H and O–H groups in total. The summed E-state index contributed by atoms with van der Waals surface area (Å²) in [6, 6.07) is 0. The number of hydrogen-bond acceptors (Lipinski definition) is 3. The van der Waals surface area contributed by atoms with Gasteiger partial charge in [-0.1, -0.05) is 12.8 Å². The first-order chi connectivity index (χ1) is 9.70. The van der Waals surface area contributed by atoms with Crippen LogP contribution >= 0.6 is 0 Å². The van der Waals surface area contributed by atoms with Crippen LogP contribution in [0.1, 0.15) is 72.6 Å². The molecule has 1 aliphatic carbocycles. The first-order valence-electron chi connectivity index (χ1n) is 8.90. The van der Waals surface area contributed by atoms with Gasteiger partial charge in [0.15, 0.2) is 0 Å². The van der Waals surface area contributed by atoms with Gasteiger partial charge in [0.2, 0.25) is 0 Å². The zero-order chi connectivity index (χ0) is 15.6. The summed E-state index contributed by atoms with van der Waals surface area (Å²) in [5.41, 5.74) is 0.225. The van der Waals surface area contributed by atoms with Crippen LogP contribution in [0.5, 0.6) is 0 Å². The quantitative estimate of drug-likeness (QED) is 0.836. The summed E-state index contributed by atoms with van der Waals surface area (Å²) in [6.45, 7) is 13.4. The minimum atomic E-state index is -0.443. The van der Waals surface area contributed by atoms with E-state index in [1.165, 1.54) is 32.2 Å². The summed E-state index contributed by atoms with van der Waals surface area (Å²) in [4.78, 5) is 2.62. The topological polar surface area (TPSA) is 35.5 Å². The van der Waals surface area contributed by atoms with Gasteiger partial charge in [0.05, 0.1) is 5.60 Å². The van der Waals surface area contributed by atoms with Crippen molar-refractivity contribution in [3.63, 3.8) is 0 Å². The van der Waals surface area contributed by atoms with E-state index in [4.69, 9.17) is 0 Å². The lowest BCUT2D eigenvalue weighted by molar-refractivity contribution is 0.0425. The Balaban J connectivity index is 1.93. The molecule has 3 nitrogen and oxygen atoms in total. The van der Waals surface area contributed by atoms with Gasteiger partial charge in [-0.15, -0.1) is 0 Å². The third-order valence-corrected chi connectivity index (χ3v) is 5.37. The van der Waals surface area contributed by atoms with E-state index >= 15 is 0 Å². The van der Waals surface area contributed by atoms with Crippen molar-refractivity contribution in [1.82, 2.24) is 10.2 Å². The summed E-state index contributed by atoms with van der Waals surface area (Å²) in [6.07, 6.45) is 8.52. The fourth-order valence-electron chi connectivity index (χ4n) is 3.92. The van der Waals surface area contributed by atoms with Gasteiger partial charge in [-0.05, 0) is 71.8 Å². The van der Waals surface area contributed by atoms with Crippen molar-refractivity contribution in [1.29, 1.82) is 0 Å². The fraction of sp³-hybridized carbons (Fsp3) is 1.00. The van der Waals surface area contributed by atoms with Gasteiger partial charge in [-0.25, -0.2) is 0 Å². The average molecular weight is 296 g/mol. The monoisotopic (exact) mass is 296 g/mol. The molecular formula is C18H36N2O. The number of nitrogens with zero attached hydrogens (tertiary/aromatic N) is 1. The zero-order valence-electron chi connectivity index (χ0n) is 14.7. The van der Waals surface area contributed by atoms with E-state index in [9.17, 15) is 5.11 Å². The highest BCUT2D eigenvalue weighted by atomic mass is 16.3. The molecule has 2 aliphatic rings. The molecule has 1 atom stereocenters. The van der Waals surface area contributed by atoms with Gasteiger partial charge in [-0.3, -0.25) is 0 Å². The Morgan fingerprint density at radius 1 is 1.00 bits per heavy atom. The maximum Gasteiger partial charge on any atom is 0.0632 e. The molecule has 21 heavy (non-hydrogen) atoms. The van der Waals surface area contributed by atoms with E-state index < -0.39 is 5.60 Å². The molecule has 0 amide bonds. The Morgan fingerprint density at radius 2 is 1.67 bits per heavy atom. The normalized spacial score (nSPS) is 31.3. The highest BCUT2D eigenvalue weighted by Crippen LogP contribution is 2.39. The van der Waals surface area contributed by atoms with Gasteiger partial charge in [0.1, 0.15) is 0 Å². The molecule has 1 saturated heterocycles. The number of nitrogens with one attached hydrogen (secondary N) is 1. The molecule has 0 aromatic rings. The molecule has 2 rings (SSSR count). The molecule has 0 aromatic carbocycles. The van der Waals surface area contributed by atoms with Gasteiger partial charge in [-0.2, -0.15) is 0 Å². The van der Waals surface area contributed by atoms with E-state index in [0.29, 0.717) is 5.41 Å². The highest BCUT2D eigenvalue weighted by Gasteiger charge is 2.37. The molecule has 0 radical (unpaired) electrons. The van der Waals surface area contributed by atoms with E-state index in [2.05, 4.69) is 31.0 Å². The average Bonchev–Trinajstić information content (AvgIpc) is 2.75. The third kappa shape index (κ3) is 5.54. The maximum atomic E-state index is 10.3. The minimum absolute atomic E-state index is 0.206. The van der Waals surface area contributed by atoms with Crippen molar-refractivity contribution in [2.45, 2.75) is 83.8 Å². The van der Waals surface area contributed by atoms with Crippen molar-refractivity contribution in [3.8, 4) is 0 Å². The molecule has 124 valence electrons. The van der Waals surface area contributed by atoms with E-state index in [1.807, 2.05) is 6.92 Å². The van der Waals surface area contributed by atoms with Gasteiger partial charge >= 0.3 is 0 Å². The Hall–Kier alpha value is -0.120. The van der Waals surface area contributed by atoms with Gasteiger partial charge in [0, 0.05) is 25.2 Å². The van der Waals surface area contributed by atoms with Crippen LogP contribution in [0, 0.1) is 5.41 Å². The second kappa shape index (κ2) is 6.55. The van der Waals surface area contributed by atoms with E-state index in [-0.39, 0.29) is 5.54 Å². The van der Waals surface area contributed by atoms with Crippen LogP contribution in [-0.4, -0.2) is 47.3 Å². The maximum absolute atomic E-state index is 10.3. The predicted octanol–water partition coefficient (Wildman–Crippen LogP) is 3.17. The molecule has 0 bridgehead atoms. The van der Waals surface area contributed by atoms with Crippen molar-refractivity contribution < 1.29 is 5.11 Å². The van der Waals surface area contributed by atoms with Gasteiger partial charge < -0.3 is 15.3 Å². The summed E-state index contributed by atoms with van der Waals surface area (Å²) in [5, 5.41) is 14.0. The molecule has 2 fully saturated rings. The number of likely N-dealkylation sites (tertiary alicyclic amines) is 1. The SMILES string of the molecule is CC1(O)CCCN(CC2(CNC(C)(C)C)CCCC2)CC1. The number of aliphatic hydroxyl groups is 1. The molecule has 1 heterocycles. The molecule has 1 unspecified atom stereocenters. The number of hydrogen-bond donors (Lipinski definition) is 2. The Labute approximate surface area is 131 Å². The second-order valence-electron chi connectivity index (χ2n) is 8.94. The van der Waals surface area contributed by atoms with Crippen LogP contribution in [0.4, 0.5) is 0 Å². The molecule has 1 aliphatic heterocycles. The largest absolute Gasteiger partial charge is 0.390 e.